The summed E-state index contributed by atoms with van der Waals surface area (Å²) in [5.74, 6) is 0. The average Bonchev–Trinajstić information content (AvgIpc) is 2.49. The minimum Gasteiger partial charge on any atom is -0.367 e. The van der Waals surface area contributed by atoms with Gasteiger partial charge in [-0.3, -0.25) is 4.90 Å². The van der Waals surface area contributed by atoms with Crippen LogP contribution < -0.4 is 10.2 Å². The van der Waals surface area contributed by atoms with Crippen molar-refractivity contribution in [3.8, 4) is 0 Å². The van der Waals surface area contributed by atoms with E-state index in [-0.39, 0.29) is 0 Å². The van der Waals surface area contributed by atoms with E-state index in [1.54, 1.807) is 0 Å². The van der Waals surface area contributed by atoms with Gasteiger partial charge in [-0.1, -0.05) is 18.0 Å². The van der Waals surface area contributed by atoms with Crippen molar-refractivity contribution < 1.29 is 0 Å². The van der Waals surface area contributed by atoms with Gasteiger partial charge >= 0.3 is 0 Å². The predicted molar refractivity (Wildman–Crippen MR) is 79.9 cm³/mol. The van der Waals surface area contributed by atoms with Crippen LogP contribution in [0.5, 0.6) is 0 Å². The molecule has 1 atom stereocenters. The van der Waals surface area contributed by atoms with Gasteiger partial charge in [-0.25, -0.2) is 5.32 Å². The second kappa shape index (κ2) is 6.12. The molecule has 0 spiro atoms. The van der Waals surface area contributed by atoms with Crippen molar-refractivity contribution in [1.29, 1.82) is 0 Å². The van der Waals surface area contributed by atoms with Crippen LogP contribution in [-0.2, 0) is 0 Å². The Bertz CT molecular complexity index is 400. The van der Waals surface area contributed by atoms with E-state index in [1.165, 1.54) is 38.0 Å². The lowest BCUT2D eigenvalue weighted by molar-refractivity contribution is 0.128. The fourth-order valence-electron chi connectivity index (χ4n) is 3.01. The molecule has 19 heavy (non-hydrogen) atoms. The summed E-state index contributed by atoms with van der Waals surface area (Å²) in [5.41, 5.74) is 1.27. The molecule has 0 bridgehead atoms. The van der Waals surface area contributed by atoms with E-state index in [2.05, 4.69) is 21.9 Å². The summed E-state index contributed by atoms with van der Waals surface area (Å²) < 4.78 is 0. The van der Waals surface area contributed by atoms with Crippen molar-refractivity contribution in [2.75, 3.05) is 37.6 Å². The molecule has 1 unspecified atom stereocenters. The highest BCUT2D eigenvalue weighted by molar-refractivity contribution is 6.30. The summed E-state index contributed by atoms with van der Waals surface area (Å²) in [6.07, 6.45) is 4.41. The third-order valence-electron chi connectivity index (χ3n) is 4.10. The molecule has 0 aromatic heterocycles. The lowest BCUT2D eigenvalue weighted by atomic mass is 10.1. The zero-order chi connectivity index (χ0) is 13.1. The number of likely N-dealkylation sites (tertiary alicyclic amines) is 1. The number of hydrogen-bond acceptors (Lipinski definition) is 2. The van der Waals surface area contributed by atoms with E-state index in [9.17, 15) is 0 Å². The minimum absolute atomic E-state index is 0.379. The number of halogens is 1. The highest BCUT2D eigenvalue weighted by Crippen LogP contribution is 2.21. The topological polar surface area (TPSA) is 20.6 Å². The monoisotopic (exact) mass is 278 g/mol. The number of piperidine rings is 1. The molecule has 2 saturated heterocycles. The maximum atomic E-state index is 5.96. The number of anilines is 1. The van der Waals surface area contributed by atoms with E-state index >= 15 is 0 Å². The molecule has 1 aromatic rings. The van der Waals surface area contributed by atoms with Gasteiger partial charge in [-0.05, 0) is 50.2 Å². The fraction of sp³-hybridized carbons (Fsp3) is 0.600. The molecule has 103 valence electrons. The van der Waals surface area contributed by atoms with Crippen LogP contribution in [0, 0.1) is 0 Å². The lowest BCUT2D eigenvalue weighted by Crippen LogP contribution is -2.56. The zero-order valence-electron chi connectivity index (χ0n) is 11.3. The number of nitrogens with zero attached hydrogens (tertiary/aromatic N) is 3. The van der Waals surface area contributed by atoms with Crippen LogP contribution in [0.1, 0.15) is 19.3 Å². The second-order valence-corrected chi connectivity index (χ2v) is 5.84. The van der Waals surface area contributed by atoms with Crippen LogP contribution in [0.15, 0.2) is 24.3 Å². The van der Waals surface area contributed by atoms with Crippen LogP contribution in [0.2, 0.25) is 5.02 Å². The fourth-order valence-corrected chi connectivity index (χ4v) is 3.13. The molecule has 3 rings (SSSR count). The predicted octanol–water partition coefficient (Wildman–Crippen LogP) is 2.58. The highest BCUT2D eigenvalue weighted by Gasteiger charge is 2.26. The Hall–Kier alpha value is -0.770. The Morgan fingerprint density at radius 1 is 1.00 bits per heavy atom. The van der Waals surface area contributed by atoms with Gasteiger partial charge in [-0.2, -0.15) is 0 Å². The number of benzene rings is 1. The van der Waals surface area contributed by atoms with E-state index in [1.807, 2.05) is 12.1 Å². The smallest absolute Gasteiger partial charge is 0.0939 e. The van der Waals surface area contributed by atoms with Crippen molar-refractivity contribution in [3.63, 3.8) is 0 Å². The first-order valence-electron chi connectivity index (χ1n) is 7.24. The first kappa shape index (κ1) is 13.2. The number of rotatable bonds is 2. The molecule has 2 aliphatic heterocycles. The third-order valence-corrected chi connectivity index (χ3v) is 4.35. The van der Waals surface area contributed by atoms with Crippen LogP contribution in [0.25, 0.3) is 0 Å². The molecule has 1 radical (unpaired) electrons. The van der Waals surface area contributed by atoms with Crippen molar-refractivity contribution in [2.45, 2.75) is 25.4 Å². The molecule has 3 nitrogen and oxygen atoms in total. The molecule has 0 amide bonds. The maximum absolute atomic E-state index is 5.96. The quantitative estimate of drug-likeness (QED) is 0.829. The normalized spacial score (nSPS) is 25.5. The summed E-state index contributed by atoms with van der Waals surface area (Å²) in [6, 6.07) is 8.17. The van der Waals surface area contributed by atoms with Crippen LogP contribution in [0.3, 0.4) is 0 Å². The summed E-state index contributed by atoms with van der Waals surface area (Å²) in [7, 11) is 0. The Morgan fingerprint density at radius 3 is 2.47 bits per heavy atom. The molecular formula is C15H21ClN3. The first-order valence-corrected chi connectivity index (χ1v) is 7.62. The van der Waals surface area contributed by atoms with Gasteiger partial charge in [0.15, 0.2) is 0 Å². The molecule has 0 N–H and O–H groups in total. The Labute approximate surface area is 120 Å². The van der Waals surface area contributed by atoms with Gasteiger partial charge in [0, 0.05) is 30.3 Å². The summed E-state index contributed by atoms with van der Waals surface area (Å²) in [5, 5.41) is 5.61. The maximum Gasteiger partial charge on any atom is 0.0939 e. The Kier molecular flexibility index (Phi) is 4.26. The minimum atomic E-state index is 0.379. The molecular weight excluding hydrogens is 258 g/mol. The molecule has 4 heteroatoms. The van der Waals surface area contributed by atoms with Crippen molar-refractivity contribution in [2.24, 2.45) is 0 Å². The Morgan fingerprint density at radius 2 is 1.74 bits per heavy atom. The Balaban J connectivity index is 1.65. The van der Waals surface area contributed by atoms with Gasteiger partial charge in [0.25, 0.3) is 0 Å². The number of piperazine rings is 1. The molecule has 2 fully saturated rings. The first-order chi connectivity index (χ1) is 9.33. The lowest BCUT2D eigenvalue weighted by Gasteiger charge is -2.41. The van der Waals surface area contributed by atoms with Gasteiger partial charge in [0.1, 0.15) is 0 Å². The van der Waals surface area contributed by atoms with Crippen LogP contribution >= 0.6 is 11.6 Å². The third kappa shape index (κ3) is 3.22. The summed E-state index contributed by atoms with van der Waals surface area (Å²) >= 11 is 5.96. The van der Waals surface area contributed by atoms with Crippen LogP contribution in [0.4, 0.5) is 5.69 Å². The van der Waals surface area contributed by atoms with Crippen molar-refractivity contribution >= 4 is 17.3 Å². The number of hydrogen-bond donors (Lipinski definition) is 0. The second-order valence-electron chi connectivity index (χ2n) is 5.41. The van der Waals surface area contributed by atoms with E-state index in [0.29, 0.717) is 6.17 Å². The SMILES string of the molecule is Clc1ccc(N2CC[N]C(N3CCCCC3)C2)cc1. The van der Waals surface area contributed by atoms with Crippen LogP contribution in [-0.4, -0.2) is 43.8 Å². The van der Waals surface area contributed by atoms with Gasteiger partial charge < -0.3 is 4.90 Å². The van der Waals surface area contributed by atoms with Crippen molar-refractivity contribution in [1.82, 2.24) is 10.2 Å². The van der Waals surface area contributed by atoms with Crippen molar-refractivity contribution in [3.05, 3.63) is 29.3 Å². The molecule has 1 aromatic carbocycles. The molecule has 0 saturated carbocycles. The summed E-state index contributed by atoms with van der Waals surface area (Å²) in [6.45, 7) is 5.39. The standard InChI is InChI=1S/C15H21ClN3/c16-13-4-6-14(7-5-13)19-11-8-17-15(12-19)18-9-2-1-3-10-18/h4-7,15H,1-3,8-12H2. The largest absolute Gasteiger partial charge is 0.367 e. The highest BCUT2D eigenvalue weighted by atomic mass is 35.5. The van der Waals surface area contributed by atoms with E-state index < -0.39 is 0 Å². The molecule has 2 heterocycles. The van der Waals surface area contributed by atoms with Gasteiger partial charge in [0.2, 0.25) is 0 Å². The summed E-state index contributed by atoms with van der Waals surface area (Å²) in [4.78, 5) is 4.98. The van der Waals surface area contributed by atoms with E-state index in [0.717, 1.165) is 24.7 Å². The van der Waals surface area contributed by atoms with Gasteiger partial charge in [0.05, 0.1) is 6.17 Å². The zero-order valence-corrected chi connectivity index (χ0v) is 12.0. The molecule has 2 aliphatic rings. The molecule has 0 aliphatic carbocycles. The van der Waals surface area contributed by atoms with Gasteiger partial charge in [-0.15, -0.1) is 0 Å². The average molecular weight is 279 g/mol. The van der Waals surface area contributed by atoms with E-state index in [4.69, 9.17) is 16.9 Å².